The van der Waals surface area contributed by atoms with Gasteiger partial charge in [0.2, 0.25) is 0 Å². The Balaban J connectivity index is 0.000000138. The van der Waals surface area contributed by atoms with Crippen LogP contribution in [0.25, 0.3) is 75.9 Å². The summed E-state index contributed by atoms with van der Waals surface area (Å²) in [5, 5.41) is 26.9. The molecule has 10 heterocycles. The highest BCUT2D eigenvalue weighted by Crippen LogP contribution is 2.56. The van der Waals surface area contributed by atoms with Crippen molar-refractivity contribution in [1.29, 1.82) is 0 Å². The quantitative estimate of drug-likeness (QED) is 0.0273. The minimum atomic E-state index is -3.96. The van der Waals surface area contributed by atoms with Crippen molar-refractivity contribution in [3.8, 4) is 34.9 Å². The average Bonchev–Trinajstić information content (AvgIpc) is 1.67. The van der Waals surface area contributed by atoms with Crippen LogP contribution >= 0.6 is 22.8 Å². The first-order chi connectivity index (χ1) is 57.8. The Morgan fingerprint density at radius 2 is 0.893 bits per heavy atom. The summed E-state index contributed by atoms with van der Waals surface area (Å²) < 4.78 is 113. The molecule has 0 aliphatic carbocycles. The molecule has 41 heteroatoms. The van der Waals surface area contributed by atoms with Crippen LogP contribution in [0.3, 0.4) is 0 Å². The van der Waals surface area contributed by atoms with Crippen LogP contribution in [-0.4, -0.2) is 225 Å². The summed E-state index contributed by atoms with van der Waals surface area (Å²) in [5.74, 6) is 10.3. The Morgan fingerprint density at radius 3 is 1.33 bits per heavy atom. The molecule has 6 aliphatic rings. The fourth-order valence-corrected chi connectivity index (χ4v) is 18.8. The number of ether oxygens (including phenoxy) is 10. The number of amides is 2. The SMILES string of the molecule is COC[C@@]12COC([C@H](n3cc(-c4cn(Cc5ccc6ccc7cccc8ccc5c6c78)nn4)c(=O)[nH]c3=O)O1)[C@H]2OP(C)(=O)O.COC[C@@]12COC([C@H](n3cc(C#CCNC(=O)OC)c(=O)[nH]c3=O)O1)[C@H]2OP(C)(=O)O.COC[C@@]12COC([C@H](n3cc(C#CCNC(=O)c4ccc5ccc6cccc7ccc4c5c67)c(=O)[nH]c3=O)O1)[C@H]2OP(C)(=O)O. The number of methoxy groups -OCH3 is 4. The summed E-state index contributed by atoms with van der Waals surface area (Å²) in [6.45, 7) is 3.41. The van der Waals surface area contributed by atoms with Gasteiger partial charge in [0, 0.05) is 65.5 Å². The average molecular weight is 1720 g/mol. The van der Waals surface area contributed by atoms with Crippen LogP contribution in [0.2, 0.25) is 0 Å². The summed E-state index contributed by atoms with van der Waals surface area (Å²) in [7, 11) is -6.33. The van der Waals surface area contributed by atoms with E-state index < -0.39 is 135 Å². The zero-order valence-corrected chi connectivity index (χ0v) is 68.1. The Morgan fingerprint density at radius 1 is 0.504 bits per heavy atom. The van der Waals surface area contributed by atoms with E-state index >= 15 is 0 Å². The third-order valence-corrected chi connectivity index (χ3v) is 23.4. The second-order valence-corrected chi connectivity index (χ2v) is 35.4. The van der Waals surface area contributed by atoms with Gasteiger partial charge >= 0.3 is 45.9 Å². The first-order valence-corrected chi connectivity index (χ1v) is 43.6. The van der Waals surface area contributed by atoms with Crippen molar-refractivity contribution in [1.82, 2.24) is 54.3 Å². The van der Waals surface area contributed by atoms with Gasteiger partial charge in [0.15, 0.2) is 18.7 Å². The Kier molecular flexibility index (Phi) is 22.6. The molecule has 12 aromatic rings. The van der Waals surface area contributed by atoms with E-state index in [1.54, 1.807) is 16.9 Å². The molecule has 121 heavy (non-hydrogen) atoms. The number of carbonyl (C=O) groups excluding carboxylic acids is 2. The van der Waals surface area contributed by atoms with Crippen molar-refractivity contribution < 1.29 is 98.9 Å². The number of aromatic amines is 3. The molecule has 2 amide bonds. The number of hydrogen-bond acceptors (Lipinski definition) is 26. The Labute approximate surface area is 683 Å². The minimum absolute atomic E-state index is 0.00694. The molecule has 15 atom stereocenters. The topological polar surface area (TPSA) is 485 Å². The van der Waals surface area contributed by atoms with E-state index in [0.29, 0.717) is 12.1 Å². The molecule has 630 valence electrons. The van der Waals surface area contributed by atoms with Crippen LogP contribution in [0.1, 0.15) is 45.7 Å². The van der Waals surface area contributed by atoms with Crippen LogP contribution in [-0.2, 0) is 81.2 Å². The molecule has 6 fully saturated rings. The highest BCUT2D eigenvalue weighted by Gasteiger charge is 2.67. The molecule has 0 radical (unpaired) electrons. The molecule has 4 aromatic heterocycles. The summed E-state index contributed by atoms with van der Waals surface area (Å²) in [6.07, 6.45) is -4.28. The fraction of sp³-hybridized carbons (Fsp3) is 0.350. The standard InChI is InChI=1S/C32H28N3O9P.C31H28N5O8P.C17H22N3O10P/c1-41-16-32-17-42-26(27(32)44-45(2,39)40)30(43-32)35-15-21(28(36)34-31(35)38)7-4-14-33-29(37)23-13-11-20-9-8-18-5-3-6-19-10-12-22(23)25(20)24(18)19;1-41-15-31-16-42-26(27(31)44-45(2,39)40)29(43-31)36-13-22(28(37)32-30(36)38)23-14-35(34-33-23)12-20-9-8-19-7-6-17-4-3-5-18-10-11-21(20)25(19)24(17)18;1-26-8-17-9-28-11(12(17)30-31(3,24)25)14(29-17)20-7-10(13(21)19-15(20)22)5-4-6-18-16(23)27-2/h3,5-6,8-13,15,26-27,30H,14,16-17H2,1-2H3,(H,33,37)(H,39,40)(H,34,36,38);3-11,13-14,26-27,29H,12,15-16H2,1-2H3,(H,39,40)(H,32,37,38);7,11-12,14H,6,8-9H2,1-3H3,(H,18,23)(H,24,25)(H,19,21,22)/t26?,27-,30-,32+;26?,27-,29-,31+;11?,12-,14-,17+/m111/s1. The second kappa shape index (κ2) is 32.7. The maximum atomic E-state index is 13.2. The molecular weight excluding hydrogens is 1640 g/mol. The maximum absolute atomic E-state index is 13.2. The third-order valence-electron chi connectivity index (χ3n) is 21.6. The number of carbonyl (C=O) groups is 2. The lowest BCUT2D eigenvalue weighted by Crippen LogP contribution is -2.46. The van der Waals surface area contributed by atoms with Crippen molar-refractivity contribution in [3.05, 3.63) is 219 Å². The summed E-state index contributed by atoms with van der Waals surface area (Å²) in [4.78, 5) is 136. The van der Waals surface area contributed by atoms with Gasteiger partial charge in [-0.25, -0.2) is 23.9 Å². The number of aromatic nitrogens is 9. The van der Waals surface area contributed by atoms with Gasteiger partial charge in [-0.15, -0.1) is 5.10 Å². The molecule has 8 N–H and O–H groups in total. The molecule has 38 nitrogen and oxygen atoms in total. The van der Waals surface area contributed by atoms with Gasteiger partial charge < -0.3 is 72.7 Å². The molecule has 6 bridgehead atoms. The molecule has 6 unspecified atom stereocenters. The van der Waals surface area contributed by atoms with E-state index in [1.807, 2.05) is 42.5 Å². The Hall–Kier alpha value is -11.0. The third kappa shape index (κ3) is 16.1. The van der Waals surface area contributed by atoms with Crippen LogP contribution < -0.4 is 44.4 Å². The van der Waals surface area contributed by atoms with Gasteiger partial charge in [0.05, 0.1) is 78.1 Å². The van der Waals surface area contributed by atoms with Gasteiger partial charge in [-0.3, -0.25) is 75.1 Å². The van der Waals surface area contributed by atoms with Crippen molar-refractivity contribution in [2.24, 2.45) is 0 Å². The number of fused-ring (bicyclic) bond motifs is 6. The van der Waals surface area contributed by atoms with Crippen molar-refractivity contribution in [3.63, 3.8) is 0 Å². The lowest BCUT2D eigenvalue weighted by Gasteiger charge is -2.31. The first kappa shape index (κ1) is 83.6. The monoisotopic (exact) mass is 1720 g/mol. The van der Waals surface area contributed by atoms with Crippen LogP contribution in [0.5, 0.6) is 0 Å². The van der Waals surface area contributed by atoms with E-state index in [0.717, 1.165) is 77.8 Å². The van der Waals surface area contributed by atoms with Gasteiger partial charge in [-0.2, -0.15) is 0 Å². The molecule has 0 saturated carbocycles. The highest BCUT2D eigenvalue weighted by atomic mass is 31.2. The number of rotatable bonds is 21. The van der Waals surface area contributed by atoms with Gasteiger partial charge in [0.1, 0.15) is 70.2 Å². The molecular formula is C80H78N11O27P3. The second-order valence-electron chi connectivity index (χ2n) is 29.9. The van der Waals surface area contributed by atoms with Crippen molar-refractivity contribution in [2.45, 2.75) is 78.7 Å². The van der Waals surface area contributed by atoms with Gasteiger partial charge in [0.25, 0.3) is 22.6 Å². The van der Waals surface area contributed by atoms with E-state index in [4.69, 9.17) is 56.2 Å². The smallest absolute Gasteiger partial charge is 0.407 e. The molecule has 18 rings (SSSR count). The van der Waals surface area contributed by atoms with E-state index in [-0.39, 0.29) is 81.0 Å². The molecule has 6 saturated heterocycles. The molecule has 0 spiro atoms. The van der Waals surface area contributed by atoms with Crippen molar-refractivity contribution >= 4 is 99.4 Å². The van der Waals surface area contributed by atoms with E-state index in [9.17, 15) is 66.7 Å². The zero-order chi connectivity index (χ0) is 85.4. The minimum Gasteiger partial charge on any atom is -0.453 e. The summed E-state index contributed by atoms with van der Waals surface area (Å²) >= 11 is 0. The number of H-pyrrole nitrogens is 3. The normalized spacial score (nSPS) is 25.2. The van der Waals surface area contributed by atoms with Crippen molar-refractivity contribution in [2.75, 3.05) is 101 Å². The number of hydrogen-bond donors (Lipinski definition) is 8. The molecule has 6 aliphatic heterocycles. The number of benzene rings is 8. The summed E-state index contributed by atoms with van der Waals surface area (Å²) in [6, 6.07) is 36.8. The fourth-order valence-electron chi connectivity index (χ4n) is 16.6. The maximum Gasteiger partial charge on any atom is 0.407 e. The van der Waals surface area contributed by atoms with E-state index in [1.165, 1.54) is 73.1 Å². The predicted molar refractivity (Wildman–Crippen MR) is 434 cm³/mol. The van der Waals surface area contributed by atoms with Crippen LogP contribution in [0, 0.1) is 23.7 Å². The molecule has 8 aromatic carbocycles. The summed E-state index contributed by atoms with van der Waals surface area (Å²) in [5.41, 5.74) is -6.37. The number of nitrogens with zero attached hydrogens (tertiary/aromatic N) is 6. The lowest BCUT2D eigenvalue weighted by molar-refractivity contribution is -0.190. The number of alkyl carbamates (subject to hydrolysis) is 1. The lowest BCUT2D eigenvalue weighted by atomic mass is 9.92. The first-order valence-electron chi connectivity index (χ1n) is 37.5. The van der Waals surface area contributed by atoms with Gasteiger partial charge in [-0.05, 0) is 76.3 Å². The highest BCUT2D eigenvalue weighted by molar-refractivity contribution is 7.52. The number of nitrogens with one attached hydrogen (secondary N) is 5. The predicted octanol–water partition coefficient (Wildman–Crippen LogP) is 4.74. The van der Waals surface area contributed by atoms with Gasteiger partial charge in [-0.1, -0.05) is 132 Å². The van der Waals surface area contributed by atoms with Crippen LogP contribution in [0.15, 0.2) is 163 Å². The van der Waals surface area contributed by atoms with E-state index in [2.05, 4.69) is 125 Å². The van der Waals surface area contributed by atoms with Crippen LogP contribution in [0.4, 0.5) is 4.79 Å². The Bertz CT molecular complexity index is 6750. The largest absolute Gasteiger partial charge is 0.453 e. The zero-order valence-electron chi connectivity index (χ0n) is 65.4.